The maximum atomic E-state index is 3.37. The van der Waals surface area contributed by atoms with Crippen LogP contribution in [0.1, 0.15) is 36.9 Å². The maximum absolute atomic E-state index is 3.37. The number of hydrogen-bond donors (Lipinski definition) is 1. The molecule has 1 heteroatoms. The smallest absolute Gasteiger partial charge is 0.0450 e. The fourth-order valence-corrected chi connectivity index (χ4v) is 1.75. The predicted molar refractivity (Wildman–Crippen MR) is 55.8 cm³/mol. The molecule has 1 unspecified atom stereocenters. The first-order chi connectivity index (χ1) is 6.42. The van der Waals surface area contributed by atoms with Crippen molar-refractivity contribution in [3.05, 3.63) is 35.4 Å². The van der Waals surface area contributed by atoms with Crippen LogP contribution >= 0.6 is 0 Å². The summed E-state index contributed by atoms with van der Waals surface area (Å²) < 4.78 is 0. The van der Waals surface area contributed by atoms with Gasteiger partial charge in [-0.15, -0.1) is 0 Å². The SMILES string of the molecule is CCCCc1ccccc1C1CN1. The Morgan fingerprint density at radius 3 is 2.85 bits per heavy atom. The third-order valence-corrected chi connectivity index (χ3v) is 2.64. The highest BCUT2D eigenvalue weighted by Crippen LogP contribution is 2.25. The van der Waals surface area contributed by atoms with Crippen molar-refractivity contribution < 1.29 is 0 Å². The van der Waals surface area contributed by atoms with Crippen molar-refractivity contribution in [3.63, 3.8) is 0 Å². The summed E-state index contributed by atoms with van der Waals surface area (Å²) in [5, 5.41) is 3.37. The van der Waals surface area contributed by atoms with E-state index in [0.717, 1.165) is 0 Å². The highest BCUT2D eigenvalue weighted by atomic mass is 15.1. The Hall–Kier alpha value is -0.820. The normalized spacial score (nSPS) is 20.2. The molecule has 2 rings (SSSR count). The zero-order valence-electron chi connectivity index (χ0n) is 8.22. The van der Waals surface area contributed by atoms with Crippen LogP contribution in [0.5, 0.6) is 0 Å². The van der Waals surface area contributed by atoms with Gasteiger partial charge in [0, 0.05) is 12.6 Å². The van der Waals surface area contributed by atoms with Crippen molar-refractivity contribution in [1.82, 2.24) is 5.32 Å². The first-order valence-electron chi connectivity index (χ1n) is 5.23. The molecule has 0 amide bonds. The predicted octanol–water partition coefficient (Wildman–Crippen LogP) is 2.67. The Kier molecular flexibility index (Phi) is 2.65. The summed E-state index contributed by atoms with van der Waals surface area (Å²) in [7, 11) is 0. The van der Waals surface area contributed by atoms with Crippen molar-refractivity contribution in [2.75, 3.05) is 6.54 Å². The molecular formula is C12H17N. The van der Waals surface area contributed by atoms with Gasteiger partial charge < -0.3 is 5.32 Å². The van der Waals surface area contributed by atoms with Crippen LogP contribution < -0.4 is 5.32 Å². The van der Waals surface area contributed by atoms with Gasteiger partial charge >= 0.3 is 0 Å². The van der Waals surface area contributed by atoms with Gasteiger partial charge in [-0.3, -0.25) is 0 Å². The Morgan fingerprint density at radius 1 is 1.38 bits per heavy atom. The molecule has 0 bridgehead atoms. The average Bonchev–Trinajstić information content (AvgIpc) is 2.98. The lowest BCUT2D eigenvalue weighted by atomic mass is 10.00. The molecule has 1 nitrogen and oxygen atoms in total. The summed E-state index contributed by atoms with van der Waals surface area (Å²) in [6.45, 7) is 3.42. The Morgan fingerprint density at radius 2 is 2.15 bits per heavy atom. The molecular weight excluding hydrogens is 158 g/mol. The van der Waals surface area contributed by atoms with E-state index in [-0.39, 0.29) is 0 Å². The molecule has 1 aliphatic heterocycles. The lowest BCUT2D eigenvalue weighted by Gasteiger charge is -2.06. The van der Waals surface area contributed by atoms with Gasteiger partial charge in [-0.25, -0.2) is 0 Å². The first-order valence-corrected chi connectivity index (χ1v) is 5.23. The van der Waals surface area contributed by atoms with Gasteiger partial charge in [-0.2, -0.15) is 0 Å². The third-order valence-electron chi connectivity index (χ3n) is 2.64. The molecule has 1 N–H and O–H groups in total. The summed E-state index contributed by atoms with van der Waals surface area (Å²) in [6, 6.07) is 9.48. The molecule has 1 atom stereocenters. The molecule has 0 aromatic heterocycles. The lowest BCUT2D eigenvalue weighted by Crippen LogP contribution is -1.94. The van der Waals surface area contributed by atoms with Crippen LogP contribution in [-0.2, 0) is 6.42 Å². The molecule has 0 radical (unpaired) electrons. The average molecular weight is 175 g/mol. The quantitative estimate of drug-likeness (QED) is 0.698. The minimum absolute atomic E-state index is 0.660. The molecule has 1 fully saturated rings. The van der Waals surface area contributed by atoms with Crippen LogP contribution in [0.2, 0.25) is 0 Å². The molecule has 0 spiro atoms. The summed E-state index contributed by atoms with van der Waals surface area (Å²) in [6.07, 6.45) is 3.83. The van der Waals surface area contributed by atoms with E-state index in [1.807, 2.05) is 0 Å². The standard InChI is InChI=1S/C12H17N/c1-2-3-6-10-7-4-5-8-11(10)12-9-13-12/h4-5,7-8,12-13H,2-3,6,9H2,1H3. The molecule has 1 aliphatic rings. The van der Waals surface area contributed by atoms with E-state index in [0.29, 0.717) is 6.04 Å². The monoisotopic (exact) mass is 175 g/mol. The van der Waals surface area contributed by atoms with Crippen molar-refractivity contribution in [1.29, 1.82) is 0 Å². The second-order valence-corrected chi connectivity index (χ2v) is 3.76. The van der Waals surface area contributed by atoms with Crippen LogP contribution in [0, 0.1) is 0 Å². The first kappa shape index (κ1) is 8.76. The van der Waals surface area contributed by atoms with Gasteiger partial charge in [-0.05, 0) is 24.0 Å². The molecule has 1 saturated heterocycles. The van der Waals surface area contributed by atoms with E-state index in [4.69, 9.17) is 0 Å². The van der Waals surface area contributed by atoms with Gasteiger partial charge in [-0.1, -0.05) is 37.6 Å². The summed E-state index contributed by atoms with van der Waals surface area (Å²) in [5.74, 6) is 0. The Balaban J connectivity index is 2.12. The molecule has 1 aromatic carbocycles. The van der Waals surface area contributed by atoms with Gasteiger partial charge in [0.2, 0.25) is 0 Å². The highest BCUT2D eigenvalue weighted by Gasteiger charge is 2.23. The zero-order valence-corrected chi connectivity index (χ0v) is 8.22. The number of aryl methyl sites for hydroxylation is 1. The largest absolute Gasteiger partial charge is 0.307 e. The molecule has 13 heavy (non-hydrogen) atoms. The van der Waals surface area contributed by atoms with Crippen LogP contribution in [0.25, 0.3) is 0 Å². The number of benzene rings is 1. The summed E-state index contributed by atoms with van der Waals surface area (Å²) in [5.41, 5.74) is 3.07. The van der Waals surface area contributed by atoms with Crippen LogP contribution in [0.3, 0.4) is 0 Å². The van der Waals surface area contributed by atoms with E-state index >= 15 is 0 Å². The molecule has 70 valence electrons. The molecule has 0 aliphatic carbocycles. The van der Waals surface area contributed by atoms with Gasteiger partial charge in [0.15, 0.2) is 0 Å². The highest BCUT2D eigenvalue weighted by molar-refractivity contribution is 5.33. The molecule has 1 aromatic rings. The number of unbranched alkanes of at least 4 members (excludes halogenated alkanes) is 1. The second kappa shape index (κ2) is 3.93. The summed E-state index contributed by atoms with van der Waals surface area (Å²) >= 11 is 0. The topological polar surface area (TPSA) is 21.9 Å². The lowest BCUT2D eigenvalue weighted by molar-refractivity contribution is 0.785. The van der Waals surface area contributed by atoms with Crippen LogP contribution in [0.4, 0.5) is 0 Å². The van der Waals surface area contributed by atoms with Gasteiger partial charge in [0.25, 0.3) is 0 Å². The van der Waals surface area contributed by atoms with E-state index in [2.05, 4.69) is 36.5 Å². The van der Waals surface area contributed by atoms with Crippen molar-refractivity contribution in [2.45, 2.75) is 32.2 Å². The maximum Gasteiger partial charge on any atom is 0.0450 e. The number of rotatable bonds is 4. The fourth-order valence-electron chi connectivity index (χ4n) is 1.75. The van der Waals surface area contributed by atoms with E-state index in [1.54, 1.807) is 5.56 Å². The van der Waals surface area contributed by atoms with Crippen molar-refractivity contribution in [2.24, 2.45) is 0 Å². The van der Waals surface area contributed by atoms with Crippen molar-refractivity contribution >= 4 is 0 Å². The van der Waals surface area contributed by atoms with Crippen molar-refractivity contribution in [3.8, 4) is 0 Å². The Bertz CT molecular complexity index is 276. The minimum atomic E-state index is 0.660. The molecule has 1 heterocycles. The van der Waals surface area contributed by atoms with Crippen LogP contribution in [0.15, 0.2) is 24.3 Å². The fraction of sp³-hybridized carbons (Fsp3) is 0.500. The summed E-state index contributed by atoms with van der Waals surface area (Å²) in [4.78, 5) is 0. The Labute approximate surface area is 80.2 Å². The van der Waals surface area contributed by atoms with Gasteiger partial charge in [0.05, 0.1) is 0 Å². The third kappa shape index (κ3) is 2.10. The second-order valence-electron chi connectivity index (χ2n) is 3.76. The number of hydrogen-bond acceptors (Lipinski definition) is 1. The van der Waals surface area contributed by atoms with E-state index < -0.39 is 0 Å². The number of nitrogens with one attached hydrogen (secondary N) is 1. The van der Waals surface area contributed by atoms with Crippen LogP contribution in [-0.4, -0.2) is 6.54 Å². The van der Waals surface area contributed by atoms with E-state index in [1.165, 1.54) is 31.4 Å². The van der Waals surface area contributed by atoms with E-state index in [9.17, 15) is 0 Å². The molecule has 0 saturated carbocycles. The van der Waals surface area contributed by atoms with Gasteiger partial charge in [0.1, 0.15) is 0 Å². The minimum Gasteiger partial charge on any atom is -0.307 e. The zero-order chi connectivity index (χ0) is 9.10.